The highest BCUT2D eigenvalue weighted by atomic mass is 16.6. The zero-order valence-corrected chi connectivity index (χ0v) is 9.85. The minimum atomic E-state index is -0.501. The lowest BCUT2D eigenvalue weighted by atomic mass is 10.0. The lowest BCUT2D eigenvalue weighted by Gasteiger charge is -2.01. The van der Waals surface area contributed by atoms with E-state index in [-0.39, 0.29) is 11.3 Å². The summed E-state index contributed by atoms with van der Waals surface area (Å²) in [6.07, 6.45) is 3.13. The number of benzene rings is 1. The molecule has 0 N–H and O–H groups in total. The molecular weight excluding hydrogens is 242 g/mol. The number of para-hydroxylation sites is 1. The van der Waals surface area contributed by atoms with Crippen molar-refractivity contribution in [2.45, 2.75) is 0 Å². The molecule has 0 atom stereocenters. The van der Waals surface area contributed by atoms with Crippen LogP contribution in [0.3, 0.4) is 0 Å². The normalized spacial score (nSPS) is 10.8. The molecule has 0 amide bonds. The van der Waals surface area contributed by atoms with Crippen LogP contribution in [0, 0.1) is 21.4 Å². The monoisotopic (exact) mass is 251 g/mol. The van der Waals surface area contributed by atoms with Gasteiger partial charge in [-0.1, -0.05) is 18.2 Å². The molecule has 5 heteroatoms. The summed E-state index contributed by atoms with van der Waals surface area (Å²) in [5.41, 5.74) is 0.995. The lowest BCUT2D eigenvalue weighted by molar-refractivity contribution is -0.385. The number of hydrogen-bond donors (Lipinski definition) is 0. The highest BCUT2D eigenvalue weighted by molar-refractivity contribution is 5.91. The molecule has 0 saturated carbocycles. The van der Waals surface area contributed by atoms with Crippen LogP contribution in [-0.4, -0.2) is 9.91 Å². The molecule has 1 heterocycles. The Balaban J connectivity index is 2.53. The van der Waals surface area contributed by atoms with E-state index >= 15 is 0 Å². The molecule has 0 aliphatic carbocycles. The third-order valence-corrected chi connectivity index (χ3v) is 2.49. The van der Waals surface area contributed by atoms with E-state index in [1.54, 1.807) is 42.6 Å². The molecule has 0 unspecified atom stereocenters. The summed E-state index contributed by atoms with van der Waals surface area (Å²) < 4.78 is 0. The highest BCUT2D eigenvalue weighted by Crippen LogP contribution is 2.26. The van der Waals surface area contributed by atoms with Crippen molar-refractivity contribution in [3.8, 4) is 6.07 Å². The summed E-state index contributed by atoms with van der Waals surface area (Å²) in [4.78, 5) is 14.5. The highest BCUT2D eigenvalue weighted by Gasteiger charge is 2.15. The number of nitrogens with zero attached hydrogens (tertiary/aromatic N) is 3. The van der Waals surface area contributed by atoms with Gasteiger partial charge in [0.15, 0.2) is 0 Å². The number of nitro benzene ring substituents is 1. The summed E-state index contributed by atoms with van der Waals surface area (Å²) in [6, 6.07) is 13.4. The van der Waals surface area contributed by atoms with Gasteiger partial charge < -0.3 is 0 Å². The molecule has 2 rings (SSSR count). The topological polar surface area (TPSA) is 79.8 Å². The second-order valence-electron chi connectivity index (χ2n) is 3.70. The Morgan fingerprint density at radius 3 is 2.63 bits per heavy atom. The molecule has 0 fully saturated rings. The molecule has 0 aliphatic rings. The first-order valence-corrected chi connectivity index (χ1v) is 5.49. The van der Waals surface area contributed by atoms with Gasteiger partial charge in [0.05, 0.1) is 21.8 Å². The van der Waals surface area contributed by atoms with Gasteiger partial charge in [-0.05, 0) is 24.3 Å². The van der Waals surface area contributed by atoms with Crippen LogP contribution in [0.4, 0.5) is 5.69 Å². The zero-order chi connectivity index (χ0) is 13.7. The molecule has 0 spiro atoms. The van der Waals surface area contributed by atoms with Crippen LogP contribution in [0.25, 0.3) is 11.6 Å². The first kappa shape index (κ1) is 12.5. The van der Waals surface area contributed by atoms with Gasteiger partial charge in [0.2, 0.25) is 0 Å². The number of hydrogen-bond acceptors (Lipinski definition) is 4. The standard InChI is InChI=1S/C14H9N3O2/c15-10-11(9-12-5-3-4-8-16-12)13-6-1-2-7-14(13)17(18)19/h1-9H/b11-9+. The van der Waals surface area contributed by atoms with Gasteiger partial charge in [-0.3, -0.25) is 15.1 Å². The number of rotatable bonds is 3. The van der Waals surface area contributed by atoms with Gasteiger partial charge in [-0.15, -0.1) is 0 Å². The summed E-state index contributed by atoms with van der Waals surface area (Å²) in [7, 11) is 0. The first-order valence-electron chi connectivity index (χ1n) is 5.49. The Labute approximate surface area is 109 Å². The van der Waals surface area contributed by atoms with E-state index in [1.807, 2.05) is 6.07 Å². The minimum Gasteiger partial charge on any atom is -0.258 e. The summed E-state index contributed by atoms with van der Waals surface area (Å²) in [5.74, 6) is 0. The quantitative estimate of drug-likeness (QED) is 0.477. The average molecular weight is 251 g/mol. The van der Waals surface area contributed by atoms with E-state index in [1.165, 1.54) is 12.1 Å². The van der Waals surface area contributed by atoms with Gasteiger partial charge in [0, 0.05) is 12.3 Å². The van der Waals surface area contributed by atoms with Crippen molar-refractivity contribution in [3.05, 3.63) is 70.0 Å². The smallest absolute Gasteiger partial charge is 0.258 e. The van der Waals surface area contributed by atoms with Gasteiger partial charge in [0.25, 0.3) is 5.69 Å². The third kappa shape index (κ3) is 2.82. The SMILES string of the molecule is N#C/C(=C\c1ccccn1)c1ccccc1[N+](=O)[O-]. The maximum Gasteiger partial charge on any atom is 0.277 e. The van der Waals surface area contributed by atoms with E-state index in [9.17, 15) is 15.4 Å². The van der Waals surface area contributed by atoms with E-state index in [4.69, 9.17) is 0 Å². The van der Waals surface area contributed by atoms with Gasteiger partial charge in [-0.2, -0.15) is 5.26 Å². The Morgan fingerprint density at radius 2 is 2.00 bits per heavy atom. The predicted octanol–water partition coefficient (Wildman–Crippen LogP) is 3.05. The molecular formula is C14H9N3O2. The van der Waals surface area contributed by atoms with E-state index in [0.29, 0.717) is 11.3 Å². The Hall–Kier alpha value is -3.00. The van der Waals surface area contributed by atoms with Gasteiger partial charge in [0.1, 0.15) is 6.07 Å². The van der Waals surface area contributed by atoms with E-state index in [2.05, 4.69) is 4.98 Å². The second kappa shape index (κ2) is 5.56. The Bertz CT molecular complexity index is 673. The largest absolute Gasteiger partial charge is 0.277 e. The molecule has 19 heavy (non-hydrogen) atoms. The summed E-state index contributed by atoms with van der Waals surface area (Å²) in [5, 5.41) is 20.1. The van der Waals surface area contributed by atoms with Crippen LogP contribution >= 0.6 is 0 Å². The van der Waals surface area contributed by atoms with Crippen LogP contribution in [-0.2, 0) is 0 Å². The van der Waals surface area contributed by atoms with Gasteiger partial charge in [-0.25, -0.2) is 0 Å². The fraction of sp³-hybridized carbons (Fsp3) is 0. The molecule has 0 aliphatic heterocycles. The summed E-state index contributed by atoms with van der Waals surface area (Å²) >= 11 is 0. The molecule has 92 valence electrons. The van der Waals surface area contributed by atoms with Gasteiger partial charge >= 0.3 is 0 Å². The first-order chi connectivity index (χ1) is 9.22. The number of aromatic nitrogens is 1. The van der Waals surface area contributed by atoms with E-state index in [0.717, 1.165) is 0 Å². The minimum absolute atomic E-state index is 0.0915. The van der Waals surface area contributed by atoms with Crippen molar-refractivity contribution in [2.24, 2.45) is 0 Å². The Kier molecular flexibility index (Phi) is 3.64. The molecule has 1 aromatic heterocycles. The predicted molar refractivity (Wildman–Crippen MR) is 70.8 cm³/mol. The van der Waals surface area contributed by atoms with Crippen molar-refractivity contribution in [1.82, 2.24) is 4.98 Å². The molecule has 5 nitrogen and oxygen atoms in total. The van der Waals surface area contributed by atoms with Crippen LogP contribution < -0.4 is 0 Å². The molecule has 0 saturated heterocycles. The van der Waals surface area contributed by atoms with Crippen molar-refractivity contribution >= 4 is 17.3 Å². The van der Waals surface area contributed by atoms with Crippen LogP contribution in [0.2, 0.25) is 0 Å². The number of allylic oxidation sites excluding steroid dienone is 1. The fourth-order valence-electron chi connectivity index (χ4n) is 1.64. The second-order valence-corrected chi connectivity index (χ2v) is 3.70. The number of nitro groups is 1. The lowest BCUT2D eigenvalue weighted by Crippen LogP contribution is -1.94. The molecule has 1 aromatic carbocycles. The number of pyridine rings is 1. The van der Waals surface area contributed by atoms with Crippen LogP contribution in [0.1, 0.15) is 11.3 Å². The Morgan fingerprint density at radius 1 is 1.26 bits per heavy atom. The van der Waals surface area contributed by atoms with Crippen molar-refractivity contribution < 1.29 is 4.92 Å². The third-order valence-electron chi connectivity index (χ3n) is 2.49. The fourth-order valence-corrected chi connectivity index (χ4v) is 1.64. The maximum atomic E-state index is 10.9. The molecule has 0 radical (unpaired) electrons. The van der Waals surface area contributed by atoms with Crippen molar-refractivity contribution in [3.63, 3.8) is 0 Å². The maximum absolute atomic E-state index is 10.9. The zero-order valence-electron chi connectivity index (χ0n) is 9.85. The number of nitriles is 1. The van der Waals surface area contributed by atoms with E-state index < -0.39 is 4.92 Å². The molecule has 2 aromatic rings. The van der Waals surface area contributed by atoms with Crippen LogP contribution in [0.5, 0.6) is 0 Å². The summed E-state index contributed by atoms with van der Waals surface area (Å²) in [6.45, 7) is 0. The van der Waals surface area contributed by atoms with Crippen molar-refractivity contribution in [2.75, 3.05) is 0 Å². The van der Waals surface area contributed by atoms with Crippen molar-refractivity contribution in [1.29, 1.82) is 5.26 Å². The van der Waals surface area contributed by atoms with Crippen LogP contribution in [0.15, 0.2) is 48.7 Å². The average Bonchev–Trinajstić information content (AvgIpc) is 2.46. The molecule has 0 bridgehead atoms.